The molecule has 0 rings (SSSR count). The average molecular weight is 107 g/mol. The highest BCUT2D eigenvalue weighted by Crippen LogP contribution is 1.78. The van der Waals surface area contributed by atoms with Crippen molar-refractivity contribution in [1.82, 2.24) is 5.09 Å². The molecule has 0 aliphatic heterocycles. The summed E-state index contributed by atoms with van der Waals surface area (Å²) >= 11 is 0. The predicted octanol–water partition coefficient (Wildman–Crippen LogP) is -0.253. The first-order chi connectivity index (χ1) is 2.81. The Bertz CT molecular complexity index is 30.0. The van der Waals surface area contributed by atoms with Gasteiger partial charge < -0.3 is 5.11 Å². The van der Waals surface area contributed by atoms with Crippen molar-refractivity contribution in [2.45, 2.75) is 13.0 Å². The smallest absolute Gasteiger partial charge is 0.0584 e. The van der Waals surface area contributed by atoms with Crippen LogP contribution in [0.2, 0.25) is 0 Å². The van der Waals surface area contributed by atoms with Crippen molar-refractivity contribution in [3.63, 3.8) is 0 Å². The quantitative estimate of drug-likeness (QED) is 0.477. The molecule has 0 aliphatic rings. The van der Waals surface area contributed by atoms with Crippen molar-refractivity contribution in [3.8, 4) is 0 Å². The van der Waals surface area contributed by atoms with Crippen LogP contribution < -0.4 is 5.09 Å². The summed E-state index contributed by atoms with van der Waals surface area (Å²) in [5.41, 5.74) is 0. The Morgan fingerprint density at radius 3 is 2.50 bits per heavy atom. The second-order valence-corrected chi connectivity index (χ2v) is 1.58. The van der Waals surface area contributed by atoms with E-state index in [0.29, 0.717) is 0 Å². The van der Waals surface area contributed by atoms with Crippen LogP contribution >= 0.6 is 9.39 Å². The van der Waals surface area contributed by atoms with Gasteiger partial charge in [-0.15, -0.1) is 0 Å². The maximum atomic E-state index is 8.26. The van der Waals surface area contributed by atoms with Crippen LogP contribution in [-0.4, -0.2) is 17.8 Å². The van der Waals surface area contributed by atoms with Gasteiger partial charge in [0.25, 0.3) is 0 Å². The van der Waals surface area contributed by atoms with Crippen molar-refractivity contribution in [2.75, 3.05) is 6.61 Å². The highest BCUT2D eigenvalue weighted by atomic mass is 31.0. The Balaban J connectivity index is 2.75. The molecule has 0 fully saturated rings. The molecule has 0 spiro atoms. The fraction of sp³-hybridized carbons (Fsp3) is 1.00. The minimum Gasteiger partial charge on any atom is -0.395 e. The van der Waals surface area contributed by atoms with E-state index in [2.05, 4.69) is 14.5 Å². The monoisotopic (exact) mass is 107 g/mol. The van der Waals surface area contributed by atoms with E-state index in [1.54, 1.807) is 0 Å². The molecular weight excluding hydrogens is 97.0 g/mol. The molecule has 2 N–H and O–H groups in total. The minimum absolute atomic E-state index is 0.198. The molecule has 6 heavy (non-hydrogen) atoms. The summed E-state index contributed by atoms with van der Waals surface area (Å²) in [7, 11) is 2.33. The molecule has 0 saturated carbocycles. The van der Waals surface area contributed by atoms with Gasteiger partial charge in [-0.1, -0.05) is 9.39 Å². The summed E-state index contributed by atoms with van der Waals surface area (Å²) in [6, 6.07) is 0.204. The first-order valence-electron chi connectivity index (χ1n) is 1.88. The summed E-state index contributed by atoms with van der Waals surface area (Å²) in [6.45, 7) is 2.09. The van der Waals surface area contributed by atoms with Crippen LogP contribution in [0.25, 0.3) is 0 Å². The van der Waals surface area contributed by atoms with Gasteiger partial charge in [0, 0.05) is 6.04 Å². The molecule has 0 aliphatic carbocycles. The number of hydrogen-bond acceptors (Lipinski definition) is 2. The topological polar surface area (TPSA) is 32.3 Å². The van der Waals surface area contributed by atoms with Crippen LogP contribution in [0.3, 0.4) is 0 Å². The molecule has 0 aromatic carbocycles. The van der Waals surface area contributed by atoms with Crippen LogP contribution in [0, 0.1) is 0 Å². The van der Waals surface area contributed by atoms with Crippen LogP contribution in [0.1, 0.15) is 6.92 Å². The molecule has 2 atom stereocenters. The summed E-state index contributed by atoms with van der Waals surface area (Å²) in [6.07, 6.45) is 0. The summed E-state index contributed by atoms with van der Waals surface area (Å²) in [5, 5.41) is 11.0. The Morgan fingerprint density at radius 1 is 2.00 bits per heavy atom. The largest absolute Gasteiger partial charge is 0.395 e. The Morgan fingerprint density at radius 2 is 2.50 bits per heavy atom. The second kappa shape index (κ2) is 3.54. The number of rotatable bonds is 2. The molecule has 0 radical (unpaired) electrons. The van der Waals surface area contributed by atoms with Crippen molar-refractivity contribution in [2.24, 2.45) is 0 Å². The summed E-state index contributed by atoms with van der Waals surface area (Å²) in [4.78, 5) is 0. The first kappa shape index (κ1) is 6.35. The van der Waals surface area contributed by atoms with E-state index in [9.17, 15) is 0 Å². The van der Waals surface area contributed by atoms with Crippen LogP contribution in [0.4, 0.5) is 0 Å². The Kier molecular flexibility index (Phi) is 3.74. The third-order valence-corrected chi connectivity index (χ3v) is 1.13. The lowest BCUT2D eigenvalue weighted by Crippen LogP contribution is -2.19. The zero-order valence-corrected chi connectivity index (χ0v) is 4.96. The van der Waals surface area contributed by atoms with E-state index in [1.165, 1.54) is 0 Å². The van der Waals surface area contributed by atoms with Gasteiger partial charge >= 0.3 is 0 Å². The fourth-order valence-electron chi connectivity index (χ4n) is 0.0527. The Hall–Kier alpha value is 0.350. The Labute approximate surface area is 40.2 Å². The highest BCUT2D eigenvalue weighted by Gasteiger charge is 1.88. The molecule has 2 unspecified atom stereocenters. The lowest BCUT2D eigenvalue weighted by atomic mass is 10.4. The van der Waals surface area contributed by atoms with Crippen molar-refractivity contribution >= 4 is 9.39 Å². The first-order valence-corrected chi connectivity index (χ1v) is 2.46. The predicted molar refractivity (Wildman–Crippen MR) is 29.4 cm³/mol. The van der Waals surface area contributed by atoms with Gasteiger partial charge in [0.15, 0.2) is 0 Å². The van der Waals surface area contributed by atoms with E-state index >= 15 is 0 Å². The summed E-state index contributed by atoms with van der Waals surface area (Å²) < 4.78 is 0. The standard InChI is InChI=1S/C3H10NOP/c1-3(2-5)4-6/h3-5H,2,6H2,1H3. The van der Waals surface area contributed by atoms with Gasteiger partial charge in [0.2, 0.25) is 0 Å². The molecule has 0 heterocycles. The molecule has 38 valence electrons. The molecular formula is C3H10NOP. The number of aliphatic hydroxyl groups is 1. The van der Waals surface area contributed by atoms with Crippen LogP contribution in [0.5, 0.6) is 0 Å². The third kappa shape index (κ3) is 2.58. The van der Waals surface area contributed by atoms with Crippen molar-refractivity contribution < 1.29 is 5.11 Å². The van der Waals surface area contributed by atoms with E-state index in [0.717, 1.165) is 0 Å². The average Bonchev–Trinajstić information content (AvgIpc) is 1.65. The molecule has 0 amide bonds. The molecule has 0 aromatic heterocycles. The molecule has 3 heteroatoms. The van der Waals surface area contributed by atoms with E-state index in [4.69, 9.17) is 5.11 Å². The maximum Gasteiger partial charge on any atom is 0.0584 e. The van der Waals surface area contributed by atoms with Gasteiger partial charge in [-0.3, -0.25) is 5.09 Å². The van der Waals surface area contributed by atoms with Gasteiger partial charge in [-0.2, -0.15) is 0 Å². The maximum absolute atomic E-state index is 8.26. The normalized spacial score (nSPS) is 14.5. The van der Waals surface area contributed by atoms with Crippen LogP contribution in [0.15, 0.2) is 0 Å². The van der Waals surface area contributed by atoms with Crippen LogP contribution in [-0.2, 0) is 0 Å². The van der Waals surface area contributed by atoms with Gasteiger partial charge in [-0.25, -0.2) is 0 Å². The number of hydrogen-bond donors (Lipinski definition) is 2. The lowest BCUT2D eigenvalue weighted by Gasteiger charge is -2.01. The van der Waals surface area contributed by atoms with E-state index in [1.807, 2.05) is 6.92 Å². The zero-order chi connectivity index (χ0) is 4.99. The van der Waals surface area contributed by atoms with Crippen molar-refractivity contribution in [1.29, 1.82) is 0 Å². The second-order valence-electron chi connectivity index (χ2n) is 1.25. The van der Waals surface area contributed by atoms with Crippen molar-refractivity contribution in [3.05, 3.63) is 0 Å². The SMILES string of the molecule is CC(CO)NP. The fourth-order valence-corrected chi connectivity index (χ4v) is 0.158. The molecule has 2 nitrogen and oxygen atoms in total. The number of nitrogens with one attached hydrogen (secondary N) is 1. The summed E-state index contributed by atoms with van der Waals surface area (Å²) in [5.74, 6) is 0. The number of aliphatic hydroxyl groups excluding tert-OH is 1. The van der Waals surface area contributed by atoms with E-state index in [-0.39, 0.29) is 12.6 Å². The van der Waals surface area contributed by atoms with Gasteiger partial charge in [0.1, 0.15) is 0 Å². The van der Waals surface area contributed by atoms with Gasteiger partial charge in [0.05, 0.1) is 6.61 Å². The zero-order valence-electron chi connectivity index (χ0n) is 3.81. The lowest BCUT2D eigenvalue weighted by molar-refractivity contribution is 0.267. The molecule has 0 saturated heterocycles. The third-order valence-electron chi connectivity index (χ3n) is 0.558. The van der Waals surface area contributed by atoms with Gasteiger partial charge in [-0.05, 0) is 6.92 Å². The molecule has 0 aromatic rings. The minimum atomic E-state index is 0.198. The van der Waals surface area contributed by atoms with E-state index < -0.39 is 0 Å². The highest BCUT2D eigenvalue weighted by molar-refractivity contribution is 7.13. The molecule has 0 bridgehead atoms.